The average Bonchev–Trinajstić information content (AvgIpc) is 3.38. The molecule has 7 nitrogen and oxygen atoms in total. The lowest BCUT2D eigenvalue weighted by Crippen LogP contribution is -2.35. The van der Waals surface area contributed by atoms with Gasteiger partial charge in [0.25, 0.3) is 0 Å². The summed E-state index contributed by atoms with van der Waals surface area (Å²) in [6, 6.07) is 6.46. The van der Waals surface area contributed by atoms with E-state index in [0.29, 0.717) is 18.8 Å². The highest BCUT2D eigenvalue weighted by molar-refractivity contribution is 7.89. The smallest absolute Gasteiger partial charge is 0.240 e. The van der Waals surface area contributed by atoms with Crippen LogP contribution in [-0.4, -0.2) is 44.3 Å². The van der Waals surface area contributed by atoms with Gasteiger partial charge in [-0.1, -0.05) is 39.0 Å². The SMILES string of the molecule is CCCCCCNS(=O)(=O)c1ccc(NC(=O)C2CC(=O)N(C3CCCC3)C2)cc1. The van der Waals surface area contributed by atoms with Crippen molar-refractivity contribution in [3.63, 3.8) is 0 Å². The molecule has 1 aromatic carbocycles. The van der Waals surface area contributed by atoms with Gasteiger partial charge in [-0.25, -0.2) is 13.1 Å². The van der Waals surface area contributed by atoms with Crippen molar-refractivity contribution in [2.45, 2.75) is 75.6 Å². The van der Waals surface area contributed by atoms with Gasteiger partial charge in [0.2, 0.25) is 21.8 Å². The molecule has 0 radical (unpaired) electrons. The minimum atomic E-state index is -3.55. The Bertz CT molecular complexity index is 832. The Morgan fingerprint density at radius 2 is 1.80 bits per heavy atom. The van der Waals surface area contributed by atoms with Crippen molar-refractivity contribution in [2.75, 3.05) is 18.4 Å². The molecular weight excluding hydrogens is 402 g/mol. The molecule has 1 aliphatic heterocycles. The number of hydrogen-bond acceptors (Lipinski definition) is 4. The van der Waals surface area contributed by atoms with Gasteiger partial charge in [-0.15, -0.1) is 0 Å². The van der Waals surface area contributed by atoms with Crippen LogP contribution in [0.1, 0.15) is 64.7 Å². The summed E-state index contributed by atoms with van der Waals surface area (Å²) in [5.41, 5.74) is 0.536. The average molecular weight is 436 g/mol. The fraction of sp³-hybridized carbons (Fsp3) is 0.636. The highest BCUT2D eigenvalue weighted by Gasteiger charge is 2.38. The zero-order valence-electron chi connectivity index (χ0n) is 17.7. The van der Waals surface area contributed by atoms with Crippen LogP contribution >= 0.6 is 0 Å². The molecule has 1 aromatic rings. The van der Waals surface area contributed by atoms with Gasteiger partial charge in [0, 0.05) is 31.2 Å². The topological polar surface area (TPSA) is 95.6 Å². The Balaban J connectivity index is 1.51. The van der Waals surface area contributed by atoms with E-state index in [1.54, 1.807) is 12.1 Å². The molecule has 1 saturated heterocycles. The fourth-order valence-corrected chi connectivity index (χ4v) is 5.35. The van der Waals surface area contributed by atoms with Crippen LogP contribution in [-0.2, 0) is 19.6 Å². The molecule has 1 aliphatic carbocycles. The summed E-state index contributed by atoms with van der Waals surface area (Å²) in [4.78, 5) is 27.0. The number of carbonyl (C=O) groups is 2. The molecule has 1 heterocycles. The van der Waals surface area contributed by atoms with Gasteiger partial charge in [-0.2, -0.15) is 0 Å². The van der Waals surface area contributed by atoms with Gasteiger partial charge in [0.15, 0.2) is 0 Å². The van der Waals surface area contributed by atoms with Crippen LogP contribution in [0.25, 0.3) is 0 Å². The largest absolute Gasteiger partial charge is 0.339 e. The molecule has 0 bridgehead atoms. The normalized spacial score (nSPS) is 20.1. The quantitative estimate of drug-likeness (QED) is 0.551. The molecule has 1 unspecified atom stereocenters. The van der Waals surface area contributed by atoms with E-state index >= 15 is 0 Å². The standard InChI is InChI=1S/C22H33N3O4S/c1-2-3-4-7-14-23-30(28,29)20-12-10-18(11-13-20)24-22(27)17-15-21(26)25(16-17)19-8-5-6-9-19/h10-13,17,19,23H,2-9,14-16H2,1H3,(H,24,27). The first-order valence-corrected chi connectivity index (χ1v) is 12.6. The highest BCUT2D eigenvalue weighted by Crippen LogP contribution is 2.30. The van der Waals surface area contributed by atoms with Crippen LogP contribution in [0.2, 0.25) is 0 Å². The molecule has 166 valence electrons. The van der Waals surface area contributed by atoms with Gasteiger partial charge < -0.3 is 10.2 Å². The lowest BCUT2D eigenvalue weighted by Gasteiger charge is -2.23. The molecule has 2 fully saturated rings. The second-order valence-electron chi connectivity index (χ2n) is 8.36. The van der Waals surface area contributed by atoms with Gasteiger partial charge >= 0.3 is 0 Å². The Kier molecular flexibility index (Phi) is 7.88. The van der Waals surface area contributed by atoms with Crippen molar-refractivity contribution >= 4 is 27.5 Å². The molecule has 1 atom stereocenters. The summed E-state index contributed by atoms with van der Waals surface area (Å²) in [7, 11) is -3.55. The maximum atomic E-state index is 12.6. The van der Waals surface area contributed by atoms with E-state index in [1.807, 2.05) is 4.90 Å². The summed E-state index contributed by atoms with van der Waals surface area (Å²) >= 11 is 0. The first-order valence-electron chi connectivity index (χ1n) is 11.1. The van der Waals surface area contributed by atoms with Crippen LogP contribution in [0, 0.1) is 5.92 Å². The first kappa shape index (κ1) is 22.7. The summed E-state index contributed by atoms with van der Waals surface area (Å²) < 4.78 is 27.3. The third-order valence-corrected chi connectivity index (χ3v) is 7.53. The fourth-order valence-electron chi connectivity index (χ4n) is 4.28. The monoisotopic (exact) mass is 435 g/mol. The number of anilines is 1. The number of rotatable bonds is 10. The molecule has 0 spiro atoms. The Labute approximate surface area is 179 Å². The molecule has 2 amide bonds. The van der Waals surface area contributed by atoms with E-state index in [2.05, 4.69) is 17.0 Å². The molecule has 3 rings (SSSR count). The van der Waals surface area contributed by atoms with Crippen molar-refractivity contribution in [1.29, 1.82) is 0 Å². The molecule has 2 N–H and O–H groups in total. The minimum absolute atomic E-state index is 0.0634. The van der Waals surface area contributed by atoms with E-state index in [1.165, 1.54) is 12.1 Å². The van der Waals surface area contributed by atoms with Crippen LogP contribution in [0.3, 0.4) is 0 Å². The number of amides is 2. The van der Waals surface area contributed by atoms with Crippen LogP contribution < -0.4 is 10.0 Å². The molecule has 8 heteroatoms. The van der Waals surface area contributed by atoms with Gasteiger partial charge in [0.05, 0.1) is 10.8 Å². The van der Waals surface area contributed by atoms with Gasteiger partial charge in [0.1, 0.15) is 0 Å². The number of carbonyl (C=O) groups excluding carboxylic acids is 2. The number of sulfonamides is 1. The predicted octanol–water partition coefficient (Wildman–Crippen LogP) is 3.27. The molecule has 2 aliphatic rings. The van der Waals surface area contributed by atoms with Crippen LogP contribution in [0.5, 0.6) is 0 Å². The molecular formula is C22H33N3O4S. The van der Waals surface area contributed by atoms with E-state index in [0.717, 1.165) is 51.4 Å². The number of hydrogen-bond donors (Lipinski definition) is 2. The summed E-state index contributed by atoms with van der Waals surface area (Å²) in [6.07, 6.45) is 8.63. The Morgan fingerprint density at radius 3 is 2.47 bits per heavy atom. The van der Waals surface area contributed by atoms with Crippen molar-refractivity contribution in [3.8, 4) is 0 Å². The van der Waals surface area contributed by atoms with E-state index in [9.17, 15) is 18.0 Å². The Hall–Kier alpha value is -1.93. The number of nitrogens with one attached hydrogen (secondary N) is 2. The molecule has 1 saturated carbocycles. The third-order valence-electron chi connectivity index (χ3n) is 6.05. The second kappa shape index (κ2) is 10.4. The number of benzene rings is 1. The summed E-state index contributed by atoms with van der Waals surface area (Å²) in [5.74, 6) is -0.478. The third kappa shape index (κ3) is 5.82. The predicted molar refractivity (Wildman–Crippen MR) is 116 cm³/mol. The van der Waals surface area contributed by atoms with Crippen LogP contribution in [0.15, 0.2) is 29.2 Å². The zero-order valence-corrected chi connectivity index (χ0v) is 18.5. The van der Waals surface area contributed by atoms with E-state index in [4.69, 9.17) is 0 Å². The first-order chi connectivity index (χ1) is 14.4. The van der Waals surface area contributed by atoms with Crippen molar-refractivity contribution in [1.82, 2.24) is 9.62 Å². The minimum Gasteiger partial charge on any atom is -0.339 e. The van der Waals surface area contributed by atoms with Crippen molar-refractivity contribution in [2.24, 2.45) is 5.92 Å². The number of likely N-dealkylation sites (tertiary alicyclic amines) is 1. The van der Waals surface area contributed by atoms with E-state index in [-0.39, 0.29) is 35.1 Å². The summed E-state index contributed by atoms with van der Waals surface area (Å²) in [6.45, 7) is 3.01. The van der Waals surface area contributed by atoms with Gasteiger partial charge in [-0.05, 0) is 43.5 Å². The van der Waals surface area contributed by atoms with Gasteiger partial charge in [-0.3, -0.25) is 9.59 Å². The maximum absolute atomic E-state index is 12.6. The van der Waals surface area contributed by atoms with Crippen molar-refractivity contribution < 1.29 is 18.0 Å². The molecule has 0 aromatic heterocycles. The lowest BCUT2D eigenvalue weighted by atomic mass is 10.1. The van der Waals surface area contributed by atoms with Crippen molar-refractivity contribution in [3.05, 3.63) is 24.3 Å². The lowest BCUT2D eigenvalue weighted by molar-refractivity contribution is -0.129. The van der Waals surface area contributed by atoms with Crippen LogP contribution in [0.4, 0.5) is 5.69 Å². The maximum Gasteiger partial charge on any atom is 0.240 e. The number of nitrogens with zero attached hydrogens (tertiary/aromatic N) is 1. The zero-order chi connectivity index (χ0) is 21.6. The Morgan fingerprint density at radius 1 is 1.10 bits per heavy atom. The second-order valence-corrected chi connectivity index (χ2v) is 10.1. The number of unbranched alkanes of at least 4 members (excludes halogenated alkanes) is 3. The summed E-state index contributed by atoms with van der Waals surface area (Å²) in [5, 5.41) is 2.83. The molecule has 30 heavy (non-hydrogen) atoms. The highest BCUT2D eigenvalue weighted by atomic mass is 32.2. The van der Waals surface area contributed by atoms with E-state index < -0.39 is 10.0 Å².